The van der Waals surface area contributed by atoms with Crippen LogP contribution >= 0.6 is 22.8 Å². The van der Waals surface area contributed by atoms with Crippen molar-refractivity contribution in [1.29, 1.82) is 0 Å². The van der Waals surface area contributed by atoms with Gasteiger partial charge in [-0.2, -0.15) is 0 Å². The number of fused-ring (bicyclic) bond motifs is 3. The Labute approximate surface area is 618 Å². The maximum atomic E-state index is 15.5. The number of ether oxygens (including phenoxy) is 2. The van der Waals surface area contributed by atoms with Crippen LogP contribution in [-0.2, 0) is 53.6 Å². The minimum atomic E-state index is -2.03. The Morgan fingerprint density at radius 1 is 0.638 bits per heavy atom. The summed E-state index contributed by atoms with van der Waals surface area (Å²) in [5.74, 6) is 1.84. The first kappa shape index (κ1) is 80.3. The average molecular weight is 1430 g/mol. The summed E-state index contributed by atoms with van der Waals surface area (Å²) < 4.78 is 55.5. The number of halogens is 3. The fourth-order valence-electron chi connectivity index (χ4n) is 14.7. The van der Waals surface area contributed by atoms with Crippen molar-refractivity contribution < 1.29 is 98.3 Å². The molecule has 0 amide bonds. The van der Waals surface area contributed by atoms with Gasteiger partial charge in [0.25, 0.3) is 0 Å². The monoisotopic (exact) mass is 1430 g/mol. The number of benzene rings is 5. The van der Waals surface area contributed by atoms with Gasteiger partial charge in [0.1, 0.15) is 18.4 Å². The van der Waals surface area contributed by atoms with Gasteiger partial charge in [0.05, 0.1) is 6.10 Å². The normalized spacial score (nSPS) is 23.5. The number of allylic oxidation sites excluding steroid dienone is 2. The Balaban J connectivity index is 0.000000225. The summed E-state index contributed by atoms with van der Waals surface area (Å²) in [7, 11) is -3.93. The van der Waals surface area contributed by atoms with E-state index in [4.69, 9.17) is 18.3 Å². The molecule has 3 fully saturated rings. The number of hydrogen-bond donors (Lipinski definition) is 1. The quantitative estimate of drug-likeness (QED) is 0.0162. The van der Waals surface area contributed by atoms with Crippen molar-refractivity contribution >= 4 is 73.1 Å². The second-order valence-corrected chi connectivity index (χ2v) is 43.6. The van der Waals surface area contributed by atoms with E-state index in [1.165, 1.54) is 45.1 Å². The zero-order valence-electron chi connectivity index (χ0n) is 57.9. The number of hydrogen-bond acceptors (Lipinski definition) is 8. The molecular weight excluding hydrogens is 1320 g/mol. The van der Waals surface area contributed by atoms with Crippen LogP contribution < -0.4 is 72.4 Å². The van der Waals surface area contributed by atoms with Gasteiger partial charge in [-0.25, -0.2) is 8.78 Å². The maximum absolute atomic E-state index is 15.5. The van der Waals surface area contributed by atoms with Crippen molar-refractivity contribution in [3.8, 4) is 0 Å². The van der Waals surface area contributed by atoms with Crippen molar-refractivity contribution in [2.75, 3.05) is 5.33 Å². The molecule has 0 radical (unpaired) electrons. The predicted molar refractivity (Wildman–Crippen MR) is 390 cm³/mol. The molecule has 510 valence electrons. The number of esters is 1. The van der Waals surface area contributed by atoms with Gasteiger partial charge in [-0.1, -0.05) is 222 Å². The van der Waals surface area contributed by atoms with Crippen molar-refractivity contribution in [2.45, 2.75) is 238 Å². The van der Waals surface area contributed by atoms with Gasteiger partial charge in [0.15, 0.2) is 22.9 Å². The molecule has 94 heavy (non-hydrogen) atoms. The Hall–Kier alpha value is -2.67. The third-order valence-electron chi connectivity index (χ3n) is 21.6. The van der Waals surface area contributed by atoms with Crippen LogP contribution in [0.2, 0.25) is 36.3 Å². The van der Waals surface area contributed by atoms with Crippen LogP contribution in [0.4, 0.5) is 8.78 Å². The zero-order valence-corrected chi connectivity index (χ0v) is 65.5. The van der Waals surface area contributed by atoms with Crippen LogP contribution in [0.15, 0.2) is 152 Å². The molecule has 1 aliphatic heterocycles. The van der Waals surface area contributed by atoms with Gasteiger partial charge >= 0.3 is 57.4 Å². The number of rotatable bonds is 24. The van der Waals surface area contributed by atoms with E-state index < -0.39 is 48.1 Å². The van der Waals surface area contributed by atoms with Crippen molar-refractivity contribution in [2.24, 2.45) is 35.5 Å². The number of carboxylic acids is 1. The molecule has 15 heteroatoms. The summed E-state index contributed by atoms with van der Waals surface area (Å²) in [6, 6.07) is 48.6. The molecule has 0 bridgehead atoms. The van der Waals surface area contributed by atoms with E-state index in [1.54, 1.807) is 0 Å². The van der Waals surface area contributed by atoms with Gasteiger partial charge in [-0.3, -0.25) is 4.79 Å². The van der Waals surface area contributed by atoms with Gasteiger partial charge in [-0.05, 0) is 194 Å². The Morgan fingerprint density at radius 2 is 1.05 bits per heavy atom. The van der Waals surface area contributed by atoms with Crippen molar-refractivity contribution in [3.63, 3.8) is 0 Å². The number of aliphatic hydroxyl groups is 1. The molecule has 0 spiro atoms. The first-order valence-electron chi connectivity index (χ1n) is 34.3. The Kier molecular flexibility index (Phi) is 31.3. The van der Waals surface area contributed by atoms with Gasteiger partial charge in [0.2, 0.25) is 0 Å². The topological polar surface area (TPSA) is 114 Å². The summed E-state index contributed by atoms with van der Waals surface area (Å²) in [6.07, 6.45) is 14.0. The van der Waals surface area contributed by atoms with Gasteiger partial charge in [-0.15, -0.1) is 0 Å². The Morgan fingerprint density at radius 3 is 1.46 bits per heavy atom. The number of carboxylic acid groups (broad SMARTS) is 1. The summed E-state index contributed by atoms with van der Waals surface area (Å²) in [5, 5.41) is 25.8. The third kappa shape index (κ3) is 21.2. The number of carbonyl (C=O) groups excluding carboxylic acids is 2. The van der Waals surface area contributed by atoms with E-state index in [9.17, 15) is 24.2 Å². The molecule has 0 aromatic heterocycles. The molecule has 1 saturated heterocycles. The number of unbranched alkanes of at least 4 members (excludes halogenated alkanes) is 1. The molecule has 5 aromatic rings. The van der Waals surface area contributed by atoms with E-state index >= 15 is 4.39 Å². The standard InChI is InChI=1S/C31H48BrFO3Si.C25H39FO3Si.C22H21O2P.CH4.K/c1-22(34)35-30-21-28(33)26(27(30)15-9-7-8-12-18-32)16-17-29(36-37(5,6)31(2,3)4)25-19-23-13-10-11-14-24(23)20-25;1-25(2,3)30(4,5)29-22(18-12-16-8-6-7-9-17(16)13-18)11-10-19-20-14-24(27)28-23(20)15-21(19)26;23-22(24)17-10-18-25(19-11-4-1-5-12-19,20-13-6-2-7-14-20)21-15-8-3-9-16-21;;/h7,9-11,13-14,25-30H,8,12,15-21H2,1-6H3;6-9,18-24,27H,10-15H2,1-5H3;1-9,11-16,18H,10,17H2,(H,23,24);1H4;/q;;;;+1/p-1/b9-7-;;;;/t26-,27-,28+,29-,30+;19-,20?,21+,22?,23?,24?;;;/m11.../s1. The number of aliphatic hydroxyl groups excluding tert-OH is 1. The minimum Gasteiger partial charge on any atom is -0.550 e. The number of carbonyl (C=O) groups is 2. The van der Waals surface area contributed by atoms with Crippen LogP contribution in [-0.4, -0.2) is 87.9 Å². The van der Waals surface area contributed by atoms with Crippen LogP contribution in [0.3, 0.4) is 0 Å². The molecule has 2 saturated carbocycles. The summed E-state index contributed by atoms with van der Waals surface area (Å²) in [6.45, 7) is 22.4. The molecule has 1 heterocycles. The van der Waals surface area contributed by atoms with Crippen LogP contribution in [0.1, 0.15) is 155 Å². The first-order chi connectivity index (χ1) is 43.7. The van der Waals surface area contributed by atoms with E-state index in [1.807, 2.05) is 54.6 Å². The second kappa shape index (κ2) is 36.6. The number of aliphatic carboxylic acids is 1. The molecule has 5 aliphatic rings. The minimum absolute atomic E-state index is 0. The van der Waals surface area contributed by atoms with Crippen LogP contribution in [0.5, 0.6) is 0 Å². The van der Waals surface area contributed by atoms with Gasteiger partial charge < -0.3 is 33.3 Å². The third-order valence-corrected chi connectivity index (χ3v) is 35.3. The second-order valence-electron chi connectivity index (χ2n) is 29.9. The molecule has 4 unspecified atom stereocenters. The van der Waals surface area contributed by atoms with E-state index in [0.29, 0.717) is 37.5 Å². The fraction of sp³-hybridized carbons (Fsp3) is 0.557. The molecular formula is C79H111BrF2KO8PSi2. The summed E-state index contributed by atoms with van der Waals surface area (Å²) in [4.78, 5) is 22.8. The van der Waals surface area contributed by atoms with Crippen LogP contribution in [0, 0.1) is 35.5 Å². The first-order valence-corrected chi connectivity index (χ1v) is 43.1. The molecule has 8 nitrogen and oxygen atoms in total. The number of alkyl halides is 3. The van der Waals surface area contributed by atoms with Crippen molar-refractivity contribution in [1.82, 2.24) is 0 Å². The fourth-order valence-corrected chi connectivity index (χ4v) is 21.8. The molecule has 1 N–H and O–H groups in total. The van der Waals surface area contributed by atoms with Crippen LogP contribution in [0.25, 0.3) is 0 Å². The average Bonchev–Trinajstić information content (AvgIpc) is 1.18. The molecule has 10 rings (SSSR count). The molecule has 11 atom stereocenters. The zero-order chi connectivity index (χ0) is 66.4. The molecule has 4 aliphatic carbocycles. The maximum Gasteiger partial charge on any atom is 1.00 e. The summed E-state index contributed by atoms with van der Waals surface area (Å²) in [5.41, 5.74) is 5.76. The van der Waals surface area contributed by atoms with Gasteiger partial charge in [0, 0.05) is 55.6 Å². The van der Waals surface area contributed by atoms with Crippen molar-refractivity contribution in [3.05, 3.63) is 174 Å². The summed E-state index contributed by atoms with van der Waals surface area (Å²) >= 11 is 3.48. The smallest absolute Gasteiger partial charge is 0.550 e. The van der Waals surface area contributed by atoms with E-state index in [0.717, 1.165) is 76.0 Å². The Bertz CT molecular complexity index is 3060. The largest absolute Gasteiger partial charge is 1.00 e. The predicted octanol–water partition coefficient (Wildman–Crippen LogP) is 14.2. The van der Waals surface area contributed by atoms with E-state index in [-0.39, 0.29) is 129 Å². The molecule has 5 aromatic carbocycles. The SMILES string of the molecule is C.CC(=O)O[C@H]1C[C@H](F)[C@H](CC[C@@H](O[Si](C)(C)C(C)(C)C)C2Cc3ccccc3C2)[C@H]1C/C=C\CCCBr.CC(C)(C)[Si](C)(C)OC(CC[C@@H]1C2CC(O)OC2C[C@@H]1F)C1Cc2ccccc2C1.O=C([O-])CCC=P(c1ccccc1)(c1ccccc1)c1ccccc1.[K+]. The van der Waals surface area contributed by atoms with E-state index in [2.05, 4.69) is 187 Å².